The van der Waals surface area contributed by atoms with Gasteiger partial charge in [0.15, 0.2) is 23.3 Å². The van der Waals surface area contributed by atoms with Crippen molar-refractivity contribution < 1.29 is 13.2 Å². The molecule has 3 nitrogen and oxygen atoms in total. The van der Waals surface area contributed by atoms with Crippen LogP contribution in [0.15, 0.2) is 12.1 Å². The molecule has 1 aromatic carbocycles. The second-order valence-electron chi connectivity index (χ2n) is 4.75. The van der Waals surface area contributed by atoms with Crippen molar-refractivity contribution in [1.82, 2.24) is 15.2 Å². The molecule has 1 fully saturated rings. The van der Waals surface area contributed by atoms with Crippen molar-refractivity contribution >= 4 is 0 Å². The normalized spacial score (nSPS) is 16.2. The number of aromatic amines is 1. The van der Waals surface area contributed by atoms with Crippen LogP contribution < -0.4 is 0 Å². The maximum absolute atomic E-state index is 13.6. The zero-order chi connectivity index (χ0) is 13.4. The van der Waals surface area contributed by atoms with Crippen LogP contribution in [-0.4, -0.2) is 15.2 Å². The Kier molecular flexibility index (Phi) is 3.00. The fraction of sp³-hybridized carbons (Fsp3) is 0.385. The average molecular weight is 267 g/mol. The molecule has 1 heterocycles. The molecule has 3 rings (SSSR count). The highest BCUT2D eigenvalue weighted by molar-refractivity contribution is 5.55. The van der Waals surface area contributed by atoms with E-state index in [1.54, 1.807) is 0 Å². The summed E-state index contributed by atoms with van der Waals surface area (Å²) in [6.07, 6.45) is 4.32. The number of aromatic nitrogens is 3. The van der Waals surface area contributed by atoms with Gasteiger partial charge in [-0.1, -0.05) is 12.8 Å². The van der Waals surface area contributed by atoms with E-state index in [2.05, 4.69) is 15.2 Å². The maximum atomic E-state index is 13.6. The molecule has 100 valence electrons. The first-order valence-corrected chi connectivity index (χ1v) is 6.23. The van der Waals surface area contributed by atoms with Gasteiger partial charge in [0, 0.05) is 5.92 Å². The van der Waals surface area contributed by atoms with Gasteiger partial charge in [-0.15, -0.1) is 0 Å². The van der Waals surface area contributed by atoms with Crippen molar-refractivity contribution in [2.24, 2.45) is 0 Å². The lowest BCUT2D eigenvalue weighted by Crippen LogP contribution is -1.96. The third-order valence-corrected chi connectivity index (χ3v) is 3.52. The Bertz CT molecular complexity index is 603. The molecule has 1 saturated carbocycles. The molecule has 0 unspecified atom stereocenters. The fourth-order valence-electron chi connectivity index (χ4n) is 2.48. The van der Waals surface area contributed by atoms with E-state index >= 15 is 0 Å². The molecule has 1 aliphatic rings. The van der Waals surface area contributed by atoms with Crippen molar-refractivity contribution in [3.63, 3.8) is 0 Å². The zero-order valence-electron chi connectivity index (χ0n) is 10.1. The maximum Gasteiger partial charge on any atom is 0.195 e. The first-order chi connectivity index (χ1) is 9.16. The van der Waals surface area contributed by atoms with Crippen LogP contribution in [0.4, 0.5) is 13.2 Å². The summed E-state index contributed by atoms with van der Waals surface area (Å²) in [5, 5.41) is 6.66. The molecule has 2 aromatic rings. The summed E-state index contributed by atoms with van der Waals surface area (Å²) < 4.78 is 39.7. The van der Waals surface area contributed by atoms with Crippen LogP contribution in [0.3, 0.4) is 0 Å². The van der Waals surface area contributed by atoms with Gasteiger partial charge in [0.2, 0.25) is 0 Å². The topological polar surface area (TPSA) is 41.6 Å². The molecule has 1 aromatic heterocycles. The number of hydrogen-bond acceptors (Lipinski definition) is 2. The standard InChI is InChI=1S/C13H12F3N3/c14-9-6-5-8(10(15)11(9)16)13-17-12(18-19-13)7-3-1-2-4-7/h5-7H,1-4H2,(H,17,18,19). The van der Waals surface area contributed by atoms with Crippen LogP contribution in [0.2, 0.25) is 0 Å². The Hall–Kier alpha value is -1.85. The highest BCUT2D eigenvalue weighted by atomic mass is 19.2. The number of H-pyrrole nitrogens is 1. The Morgan fingerprint density at radius 2 is 1.79 bits per heavy atom. The molecule has 6 heteroatoms. The third kappa shape index (κ3) is 2.11. The summed E-state index contributed by atoms with van der Waals surface area (Å²) in [5.74, 6) is -2.90. The molecule has 0 aliphatic heterocycles. The monoisotopic (exact) mass is 267 g/mol. The molecule has 0 radical (unpaired) electrons. The summed E-state index contributed by atoms with van der Waals surface area (Å²) in [7, 11) is 0. The van der Waals surface area contributed by atoms with Crippen molar-refractivity contribution in [3.05, 3.63) is 35.4 Å². The second kappa shape index (κ2) is 4.68. The number of nitrogens with zero attached hydrogens (tertiary/aromatic N) is 2. The predicted molar refractivity (Wildman–Crippen MR) is 62.9 cm³/mol. The highest BCUT2D eigenvalue weighted by Crippen LogP contribution is 2.33. The first-order valence-electron chi connectivity index (χ1n) is 6.23. The SMILES string of the molecule is Fc1ccc(-c2n[nH]c(C3CCCC3)n2)c(F)c1F. The summed E-state index contributed by atoms with van der Waals surface area (Å²) in [4.78, 5) is 4.20. The molecule has 0 bridgehead atoms. The minimum absolute atomic E-state index is 0.0679. The Labute approximate surface area is 107 Å². The molecule has 0 atom stereocenters. The van der Waals surface area contributed by atoms with E-state index in [0.717, 1.165) is 37.8 Å². The van der Waals surface area contributed by atoms with Gasteiger partial charge in [-0.3, -0.25) is 5.10 Å². The second-order valence-corrected chi connectivity index (χ2v) is 4.75. The predicted octanol–water partition coefficient (Wildman–Crippen LogP) is 3.55. The van der Waals surface area contributed by atoms with Gasteiger partial charge in [-0.2, -0.15) is 5.10 Å². The van der Waals surface area contributed by atoms with E-state index in [-0.39, 0.29) is 11.4 Å². The number of benzene rings is 1. The van der Waals surface area contributed by atoms with Gasteiger partial charge in [0.25, 0.3) is 0 Å². The lowest BCUT2D eigenvalue weighted by Gasteiger charge is -2.02. The van der Waals surface area contributed by atoms with Gasteiger partial charge in [-0.25, -0.2) is 18.2 Å². The van der Waals surface area contributed by atoms with Crippen molar-refractivity contribution in [2.45, 2.75) is 31.6 Å². The average Bonchev–Trinajstić information content (AvgIpc) is 3.06. The van der Waals surface area contributed by atoms with Gasteiger partial charge in [-0.05, 0) is 25.0 Å². The van der Waals surface area contributed by atoms with Crippen LogP contribution in [0.1, 0.15) is 37.4 Å². The van der Waals surface area contributed by atoms with Crippen molar-refractivity contribution in [1.29, 1.82) is 0 Å². The van der Waals surface area contributed by atoms with Gasteiger partial charge < -0.3 is 0 Å². The number of nitrogens with one attached hydrogen (secondary N) is 1. The van der Waals surface area contributed by atoms with Crippen molar-refractivity contribution in [2.75, 3.05) is 0 Å². The summed E-state index contributed by atoms with van der Waals surface area (Å²) >= 11 is 0. The minimum atomic E-state index is -1.50. The molecular formula is C13H12F3N3. The number of halogens is 3. The molecule has 1 aliphatic carbocycles. The minimum Gasteiger partial charge on any atom is -0.262 e. The highest BCUT2D eigenvalue weighted by Gasteiger charge is 2.23. The van der Waals surface area contributed by atoms with Crippen molar-refractivity contribution in [3.8, 4) is 11.4 Å². The van der Waals surface area contributed by atoms with Crippen LogP contribution in [0, 0.1) is 17.5 Å². The van der Waals surface area contributed by atoms with Gasteiger partial charge >= 0.3 is 0 Å². The lowest BCUT2D eigenvalue weighted by molar-refractivity contribution is 0.448. The zero-order valence-corrected chi connectivity index (χ0v) is 10.1. The van der Waals surface area contributed by atoms with E-state index in [0.29, 0.717) is 11.7 Å². The Morgan fingerprint density at radius 3 is 2.53 bits per heavy atom. The van der Waals surface area contributed by atoms with Gasteiger partial charge in [0.05, 0.1) is 5.56 Å². The van der Waals surface area contributed by atoms with E-state index in [1.807, 2.05) is 0 Å². The molecule has 0 amide bonds. The molecular weight excluding hydrogens is 255 g/mol. The summed E-state index contributed by atoms with van der Waals surface area (Å²) in [6.45, 7) is 0. The van der Waals surface area contributed by atoms with E-state index < -0.39 is 17.5 Å². The van der Waals surface area contributed by atoms with Crippen LogP contribution in [0.25, 0.3) is 11.4 Å². The lowest BCUT2D eigenvalue weighted by atomic mass is 10.1. The third-order valence-electron chi connectivity index (χ3n) is 3.52. The number of rotatable bonds is 2. The van der Waals surface area contributed by atoms with E-state index in [1.165, 1.54) is 0 Å². The molecule has 0 saturated heterocycles. The summed E-state index contributed by atoms with van der Waals surface area (Å²) in [6, 6.07) is 2.02. The quantitative estimate of drug-likeness (QED) is 0.845. The first kappa shape index (κ1) is 12.2. The smallest absolute Gasteiger partial charge is 0.195 e. The van der Waals surface area contributed by atoms with E-state index in [9.17, 15) is 13.2 Å². The van der Waals surface area contributed by atoms with Crippen LogP contribution in [-0.2, 0) is 0 Å². The van der Waals surface area contributed by atoms with E-state index in [4.69, 9.17) is 0 Å². The van der Waals surface area contributed by atoms with Crippen LogP contribution in [0.5, 0.6) is 0 Å². The fourth-order valence-corrected chi connectivity index (χ4v) is 2.48. The molecule has 1 N–H and O–H groups in total. The van der Waals surface area contributed by atoms with Gasteiger partial charge in [0.1, 0.15) is 5.82 Å². The Morgan fingerprint density at radius 1 is 1.05 bits per heavy atom. The van der Waals surface area contributed by atoms with Crippen LogP contribution >= 0.6 is 0 Å². The number of hydrogen-bond donors (Lipinski definition) is 1. The molecule has 0 spiro atoms. The largest absolute Gasteiger partial charge is 0.262 e. The molecule has 19 heavy (non-hydrogen) atoms. The Balaban J connectivity index is 1.96. The summed E-state index contributed by atoms with van der Waals surface area (Å²) in [5.41, 5.74) is -0.126.